The molecule has 28 heavy (non-hydrogen) atoms. The van der Waals surface area contributed by atoms with Crippen molar-refractivity contribution in [2.24, 2.45) is 0 Å². The lowest BCUT2D eigenvalue weighted by atomic mass is 10.2. The Kier molecular flexibility index (Phi) is 5.49. The number of amides is 1. The summed E-state index contributed by atoms with van der Waals surface area (Å²) in [7, 11) is 2.96. The van der Waals surface area contributed by atoms with E-state index in [1.165, 1.54) is 7.11 Å². The normalized spacial score (nSPS) is 10.4. The Balaban J connectivity index is 1.83. The number of benzene rings is 2. The first-order chi connectivity index (χ1) is 13.4. The van der Waals surface area contributed by atoms with Gasteiger partial charge >= 0.3 is 5.97 Å². The van der Waals surface area contributed by atoms with Crippen molar-refractivity contribution in [3.05, 3.63) is 77.1 Å². The third-order valence-corrected chi connectivity index (χ3v) is 4.57. The number of aromatic nitrogens is 1. The minimum atomic E-state index is -0.416. The first kappa shape index (κ1) is 19.2. The van der Waals surface area contributed by atoms with Crippen molar-refractivity contribution in [2.45, 2.75) is 13.8 Å². The quantitative estimate of drug-likeness (QED) is 0.678. The number of hydrogen-bond donors (Lipinski definition) is 1. The summed E-state index contributed by atoms with van der Waals surface area (Å²) in [5, 5.41) is 2.87. The molecule has 0 saturated heterocycles. The summed E-state index contributed by atoms with van der Waals surface area (Å²) < 4.78 is 11.9. The van der Waals surface area contributed by atoms with Crippen molar-refractivity contribution in [2.75, 3.05) is 19.5 Å². The maximum Gasteiger partial charge on any atom is 0.337 e. The molecule has 3 rings (SSSR count). The van der Waals surface area contributed by atoms with Crippen LogP contribution in [0.1, 0.15) is 32.1 Å². The fourth-order valence-electron chi connectivity index (χ4n) is 3.13. The molecule has 6 nitrogen and oxygen atoms in total. The number of aryl methyl sites for hydroxylation is 1. The zero-order valence-corrected chi connectivity index (χ0v) is 16.3. The van der Waals surface area contributed by atoms with E-state index < -0.39 is 5.97 Å². The van der Waals surface area contributed by atoms with E-state index >= 15 is 0 Å². The smallest absolute Gasteiger partial charge is 0.337 e. The van der Waals surface area contributed by atoms with Gasteiger partial charge in [-0.25, -0.2) is 4.79 Å². The molecule has 0 atom stereocenters. The highest BCUT2D eigenvalue weighted by atomic mass is 16.5. The maximum atomic E-state index is 12.8. The molecule has 1 aromatic heterocycles. The molecule has 0 saturated carbocycles. The lowest BCUT2D eigenvalue weighted by Gasteiger charge is -2.11. The molecule has 1 heterocycles. The average Bonchev–Trinajstić information content (AvgIpc) is 3.02. The van der Waals surface area contributed by atoms with E-state index in [0.29, 0.717) is 16.8 Å². The number of nitrogens with one attached hydrogen (secondary N) is 1. The number of esters is 1. The van der Waals surface area contributed by atoms with Gasteiger partial charge in [0, 0.05) is 22.8 Å². The number of rotatable bonds is 5. The molecule has 3 aromatic rings. The van der Waals surface area contributed by atoms with Crippen LogP contribution in [-0.2, 0) is 4.74 Å². The van der Waals surface area contributed by atoms with Crippen molar-refractivity contribution < 1.29 is 19.1 Å². The van der Waals surface area contributed by atoms with Crippen molar-refractivity contribution in [3.8, 4) is 11.4 Å². The lowest BCUT2D eigenvalue weighted by Crippen LogP contribution is -2.13. The highest BCUT2D eigenvalue weighted by molar-refractivity contribution is 6.05. The minimum absolute atomic E-state index is 0.210. The summed E-state index contributed by atoms with van der Waals surface area (Å²) in [5.74, 6) is 0.152. The topological polar surface area (TPSA) is 69.6 Å². The first-order valence-electron chi connectivity index (χ1n) is 8.77. The van der Waals surface area contributed by atoms with Crippen LogP contribution in [-0.4, -0.2) is 30.7 Å². The zero-order chi connectivity index (χ0) is 20.3. The maximum absolute atomic E-state index is 12.8. The van der Waals surface area contributed by atoms with E-state index in [-0.39, 0.29) is 5.91 Å². The molecule has 1 N–H and O–H groups in total. The van der Waals surface area contributed by atoms with E-state index in [1.807, 2.05) is 48.7 Å². The molecule has 0 spiro atoms. The van der Waals surface area contributed by atoms with Gasteiger partial charge in [0.1, 0.15) is 5.75 Å². The van der Waals surface area contributed by atoms with Gasteiger partial charge < -0.3 is 19.4 Å². The first-order valence-corrected chi connectivity index (χ1v) is 8.77. The van der Waals surface area contributed by atoms with Crippen molar-refractivity contribution in [1.82, 2.24) is 4.57 Å². The van der Waals surface area contributed by atoms with Gasteiger partial charge in [0.2, 0.25) is 0 Å². The average molecular weight is 378 g/mol. The van der Waals surface area contributed by atoms with Gasteiger partial charge in [-0.15, -0.1) is 0 Å². The second-order valence-electron chi connectivity index (χ2n) is 6.34. The SMILES string of the molecule is COC(=O)c1ccc(NC(=O)c2cc(C)n(-c3ccc(OC)cc3)c2C)cc1. The van der Waals surface area contributed by atoms with Crippen LogP contribution in [0.5, 0.6) is 5.75 Å². The molecular formula is C22H22N2O4. The Labute approximate surface area is 163 Å². The van der Waals surface area contributed by atoms with Crippen LogP contribution in [0, 0.1) is 13.8 Å². The summed E-state index contributed by atoms with van der Waals surface area (Å²) in [4.78, 5) is 24.3. The van der Waals surface area contributed by atoms with Crippen molar-refractivity contribution in [3.63, 3.8) is 0 Å². The largest absolute Gasteiger partial charge is 0.497 e. The fraction of sp³-hybridized carbons (Fsp3) is 0.182. The molecular weight excluding hydrogens is 356 g/mol. The third-order valence-electron chi connectivity index (χ3n) is 4.57. The van der Waals surface area contributed by atoms with Gasteiger partial charge in [-0.1, -0.05) is 0 Å². The molecule has 1 amide bonds. The van der Waals surface area contributed by atoms with Gasteiger partial charge in [0.05, 0.1) is 25.3 Å². The van der Waals surface area contributed by atoms with Crippen LogP contribution < -0.4 is 10.1 Å². The van der Waals surface area contributed by atoms with Crippen LogP contribution >= 0.6 is 0 Å². The minimum Gasteiger partial charge on any atom is -0.497 e. The Bertz CT molecular complexity index is 1000. The van der Waals surface area contributed by atoms with E-state index in [0.717, 1.165) is 22.8 Å². The van der Waals surface area contributed by atoms with Gasteiger partial charge in [0.15, 0.2) is 0 Å². The highest BCUT2D eigenvalue weighted by Gasteiger charge is 2.17. The molecule has 0 fully saturated rings. The van der Waals surface area contributed by atoms with E-state index in [1.54, 1.807) is 31.4 Å². The molecule has 0 radical (unpaired) electrons. The van der Waals surface area contributed by atoms with E-state index in [2.05, 4.69) is 10.1 Å². The Morgan fingerprint density at radius 1 is 0.929 bits per heavy atom. The van der Waals surface area contributed by atoms with Crippen LogP contribution in [0.2, 0.25) is 0 Å². The summed E-state index contributed by atoms with van der Waals surface area (Å²) in [6.45, 7) is 3.87. The number of anilines is 1. The standard InChI is InChI=1S/C22H22N2O4/c1-14-13-20(15(2)24(14)18-9-11-19(27-3)12-10-18)21(25)23-17-7-5-16(6-8-17)22(26)28-4/h5-13H,1-4H3,(H,23,25). The third kappa shape index (κ3) is 3.76. The molecule has 144 valence electrons. The van der Waals surface area contributed by atoms with Crippen molar-refractivity contribution >= 4 is 17.6 Å². The molecule has 2 aromatic carbocycles. The summed E-state index contributed by atoms with van der Waals surface area (Å²) in [6.07, 6.45) is 0. The zero-order valence-electron chi connectivity index (χ0n) is 16.3. The van der Waals surface area contributed by atoms with E-state index in [4.69, 9.17) is 4.74 Å². The molecule has 0 aliphatic carbocycles. The Morgan fingerprint density at radius 3 is 2.14 bits per heavy atom. The van der Waals surface area contributed by atoms with Crippen molar-refractivity contribution in [1.29, 1.82) is 0 Å². The van der Waals surface area contributed by atoms with Gasteiger partial charge in [-0.2, -0.15) is 0 Å². The molecule has 0 bridgehead atoms. The number of carbonyl (C=O) groups excluding carboxylic acids is 2. The molecule has 0 unspecified atom stereocenters. The Morgan fingerprint density at radius 2 is 1.57 bits per heavy atom. The van der Waals surface area contributed by atoms with Gasteiger partial charge in [0.25, 0.3) is 5.91 Å². The molecule has 6 heteroatoms. The predicted molar refractivity (Wildman–Crippen MR) is 108 cm³/mol. The number of methoxy groups -OCH3 is 2. The second-order valence-corrected chi connectivity index (χ2v) is 6.34. The lowest BCUT2D eigenvalue weighted by molar-refractivity contribution is 0.0600. The van der Waals surface area contributed by atoms with Gasteiger partial charge in [-0.3, -0.25) is 4.79 Å². The van der Waals surface area contributed by atoms with Crippen LogP contribution in [0.25, 0.3) is 5.69 Å². The number of ether oxygens (including phenoxy) is 2. The highest BCUT2D eigenvalue weighted by Crippen LogP contribution is 2.23. The summed E-state index contributed by atoms with van der Waals surface area (Å²) >= 11 is 0. The molecule has 0 aliphatic rings. The Hall–Kier alpha value is -3.54. The predicted octanol–water partition coefficient (Wildman–Crippen LogP) is 4.14. The van der Waals surface area contributed by atoms with Crippen LogP contribution in [0.3, 0.4) is 0 Å². The second kappa shape index (κ2) is 8.00. The summed E-state index contributed by atoms with van der Waals surface area (Å²) in [6, 6.07) is 16.1. The monoisotopic (exact) mass is 378 g/mol. The molecule has 0 aliphatic heterocycles. The van der Waals surface area contributed by atoms with Crippen LogP contribution in [0.4, 0.5) is 5.69 Å². The number of nitrogens with zero attached hydrogens (tertiary/aromatic N) is 1. The fourth-order valence-corrected chi connectivity index (χ4v) is 3.13. The summed E-state index contributed by atoms with van der Waals surface area (Å²) in [5.41, 5.74) is 4.37. The van der Waals surface area contributed by atoms with Crippen LogP contribution in [0.15, 0.2) is 54.6 Å². The van der Waals surface area contributed by atoms with E-state index in [9.17, 15) is 9.59 Å². The number of hydrogen-bond acceptors (Lipinski definition) is 4. The van der Waals surface area contributed by atoms with Gasteiger partial charge in [-0.05, 0) is 68.4 Å². The number of carbonyl (C=O) groups is 2.